The first-order valence-corrected chi connectivity index (χ1v) is 26.6. The normalized spacial score (nSPS) is 15.4. The number of aliphatic hydroxyl groups is 1. The van der Waals surface area contributed by atoms with Gasteiger partial charge in [0, 0.05) is 108 Å². The Balaban J connectivity index is 0.906. The van der Waals surface area contributed by atoms with Gasteiger partial charge in [-0.3, -0.25) is 4.72 Å². The molecular formula is C54H63ClN6O5S2. The van der Waals surface area contributed by atoms with E-state index in [9.17, 15) is 23.4 Å². The number of piperidine rings is 1. The second-order valence-corrected chi connectivity index (χ2v) is 21.2. The summed E-state index contributed by atoms with van der Waals surface area (Å²) in [5.74, 6) is -0.0844. The largest absolute Gasteiger partial charge is 0.478 e. The number of nitrogens with zero attached hydrogens (tertiary/aromatic N) is 4. The van der Waals surface area contributed by atoms with E-state index in [0.29, 0.717) is 28.4 Å². The fourth-order valence-electron chi connectivity index (χ4n) is 9.40. The summed E-state index contributed by atoms with van der Waals surface area (Å²) < 4.78 is 32.4. The Morgan fingerprint density at radius 1 is 0.794 bits per heavy atom. The molecule has 0 bridgehead atoms. The number of carboxylic acid groups (broad SMARTS) is 1. The first kappa shape index (κ1) is 49.0. The van der Waals surface area contributed by atoms with Gasteiger partial charge in [0.05, 0.1) is 22.3 Å². The van der Waals surface area contributed by atoms with Gasteiger partial charge in [0.2, 0.25) is 0 Å². The third-order valence-electron chi connectivity index (χ3n) is 13.3. The van der Waals surface area contributed by atoms with E-state index >= 15 is 0 Å². The highest BCUT2D eigenvalue weighted by molar-refractivity contribution is 7.99. The number of piperazine rings is 1. The molecule has 0 unspecified atom stereocenters. The van der Waals surface area contributed by atoms with E-state index in [4.69, 9.17) is 11.6 Å². The molecule has 0 spiro atoms. The van der Waals surface area contributed by atoms with Crippen molar-refractivity contribution in [1.29, 1.82) is 0 Å². The van der Waals surface area contributed by atoms with E-state index in [1.807, 2.05) is 98.4 Å². The second kappa shape index (κ2) is 22.3. The van der Waals surface area contributed by atoms with Crippen molar-refractivity contribution in [3.8, 4) is 22.4 Å². The van der Waals surface area contributed by atoms with Crippen LogP contribution in [-0.4, -0.2) is 97.8 Å². The topological polar surface area (TPSA) is 130 Å². The number of sulfonamides is 1. The van der Waals surface area contributed by atoms with E-state index in [-0.39, 0.29) is 17.0 Å². The molecule has 68 heavy (non-hydrogen) atoms. The van der Waals surface area contributed by atoms with Gasteiger partial charge in [-0.05, 0) is 135 Å². The number of hydrogen-bond donors (Lipinski definition) is 4. The molecule has 2 aliphatic rings. The first-order valence-electron chi connectivity index (χ1n) is 23.8. The maximum atomic E-state index is 13.7. The molecule has 2 fully saturated rings. The lowest BCUT2D eigenvalue weighted by Crippen LogP contribution is -2.46. The van der Waals surface area contributed by atoms with Crippen LogP contribution in [0.3, 0.4) is 0 Å². The maximum absolute atomic E-state index is 13.7. The fraction of sp³-hybridized carbons (Fsp3) is 0.352. The van der Waals surface area contributed by atoms with Crippen molar-refractivity contribution in [2.24, 2.45) is 0 Å². The van der Waals surface area contributed by atoms with Crippen LogP contribution >= 0.6 is 23.4 Å². The lowest BCUT2D eigenvalue weighted by Gasteiger charge is -2.37. The van der Waals surface area contributed by atoms with Gasteiger partial charge in [0.15, 0.2) is 0 Å². The van der Waals surface area contributed by atoms with Crippen molar-refractivity contribution >= 4 is 62.1 Å². The van der Waals surface area contributed by atoms with Crippen LogP contribution in [0.15, 0.2) is 131 Å². The van der Waals surface area contributed by atoms with E-state index in [2.05, 4.69) is 72.6 Å². The van der Waals surface area contributed by atoms with E-state index in [1.54, 1.807) is 12.1 Å². The first-order chi connectivity index (χ1) is 32.9. The minimum Gasteiger partial charge on any atom is -0.478 e. The molecular weight excluding hydrogens is 912 g/mol. The molecule has 6 aromatic rings. The zero-order chi connectivity index (χ0) is 47.8. The quantitative estimate of drug-likeness (QED) is 0.0582. The van der Waals surface area contributed by atoms with Gasteiger partial charge in [-0.2, -0.15) is 0 Å². The van der Waals surface area contributed by atoms with E-state index < -0.39 is 16.0 Å². The van der Waals surface area contributed by atoms with Gasteiger partial charge in [-0.15, -0.1) is 11.8 Å². The number of nitrogens with one attached hydrogen (secondary N) is 2. The number of aromatic nitrogens is 1. The molecule has 0 radical (unpaired) electrons. The molecule has 1 atom stereocenters. The van der Waals surface area contributed by atoms with Gasteiger partial charge >= 0.3 is 5.97 Å². The minimum absolute atomic E-state index is 0.159. The lowest BCUT2D eigenvalue weighted by atomic mass is 9.96. The van der Waals surface area contributed by atoms with Gasteiger partial charge in [-0.1, -0.05) is 67.4 Å². The SMILES string of the molecule is CCCCn1c(C)c(C(=O)O)c(-c2cccc(N3CCN(c4ccc(NS(=O)(=O)c5ccc(N[C@H](CCN6CCC(O)CC6)CSc6ccccc6)c(C)c5)cc4)CC3)c2)c1-c1ccc(Cl)cc1. The number of aliphatic hydroxyl groups excluding tert-OH is 1. The van der Waals surface area contributed by atoms with Crippen molar-refractivity contribution in [2.75, 3.05) is 71.4 Å². The molecule has 5 aromatic carbocycles. The van der Waals surface area contributed by atoms with Gasteiger partial charge < -0.3 is 34.8 Å². The molecule has 358 valence electrons. The summed E-state index contributed by atoms with van der Waals surface area (Å²) in [4.78, 5) is 21.4. The Hall–Kier alpha value is -5.44. The number of likely N-dealkylation sites (tertiary alicyclic amines) is 1. The number of thioether (sulfide) groups is 1. The lowest BCUT2D eigenvalue weighted by molar-refractivity contribution is 0.0696. The number of carboxylic acids is 1. The molecule has 14 heteroatoms. The van der Waals surface area contributed by atoms with Crippen LogP contribution in [0.4, 0.5) is 22.7 Å². The number of carbonyl (C=O) groups is 1. The Morgan fingerprint density at radius 2 is 1.49 bits per heavy atom. The Morgan fingerprint density at radius 3 is 2.15 bits per heavy atom. The summed E-state index contributed by atoms with van der Waals surface area (Å²) in [5, 5.41) is 24.9. The predicted octanol–water partition coefficient (Wildman–Crippen LogP) is 11.1. The minimum atomic E-state index is -3.86. The van der Waals surface area contributed by atoms with Crippen LogP contribution in [0, 0.1) is 13.8 Å². The van der Waals surface area contributed by atoms with Crippen LogP contribution < -0.4 is 19.8 Å². The predicted molar refractivity (Wildman–Crippen MR) is 281 cm³/mol. The average Bonchev–Trinajstić information content (AvgIpc) is 3.65. The zero-order valence-corrected chi connectivity index (χ0v) is 41.6. The highest BCUT2D eigenvalue weighted by Gasteiger charge is 2.28. The van der Waals surface area contributed by atoms with Crippen molar-refractivity contribution < 1.29 is 23.4 Å². The summed E-state index contributed by atoms with van der Waals surface area (Å²) in [6.45, 7) is 12.5. The van der Waals surface area contributed by atoms with Crippen LogP contribution in [0.2, 0.25) is 5.02 Å². The van der Waals surface area contributed by atoms with Crippen molar-refractivity contribution in [2.45, 2.75) is 81.4 Å². The number of aryl methyl sites for hydroxylation is 1. The highest BCUT2D eigenvalue weighted by Crippen LogP contribution is 2.41. The Labute approximate surface area is 411 Å². The summed E-state index contributed by atoms with van der Waals surface area (Å²) in [7, 11) is -3.86. The Bertz CT molecular complexity index is 2750. The summed E-state index contributed by atoms with van der Waals surface area (Å²) in [5.41, 5.74) is 8.74. The number of hydrogen-bond acceptors (Lipinski definition) is 9. The number of rotatable bonds is 19. The molecule has 0 saturated carbocycles. The average molecular weight is 976 g/mol. The molecule has 0 aliphatic carbocycles. The number of benzene rings is 5. The van der Waals surface area contributed by atoms with Crippen LogP contribution in [0.25, 0.3) is 22.4 Å². The van der Waals surface area contributed by atoms with Gasteiger partial charge in [0.1, 0.15) is 0 Å². The van der Waals surface area contributed by atoms with Crippen molar-refractivity contribution in [3.63, 3.8) is 0 Å². The number of aromatic carboxylic acids is 1. The highest BCUT2D eigenvalue weighted by atomic mass is 35.5. The molecule has 4 N–H and O–H groups in total. The van der Waals surface area contributed by atoms with Crippen molar-refractivity contribution in [3.05, 3.63) is 143 Å². The summed E-state index contributed by atoms with van der Waals surface area (Å²) in [6.07, 6.45) is 4.25. The monoisotopic (exact) mass is 974 g/mol. The molecule has 2 saturated heterocycles. The summed E-state index contributed by atoms with van der Waals surface area (Å²) >= 11 is 8.10. The third-order valence-corrected chi connectivity index (χ3v) is 16.1. The molecule has 0 amide bonds. The van der Waals surface area contributed by atoms with Crippen LogP contribution in [-0.2, 0) is 16.6 Å². The maximum Gasteiger partial charge on any atom is 0.338 e. The molecule has 8 rings (SSSR count). The van der Waals surface area contributed by atoms with Gasteiger partial charge in [-0.25, -0.2) is 13.2 Å². The molecule has 3 heterocycles. The zero-order valence-electron chi connectivity index (χ0n) is 39.2. The number of halogens is 1. The molecule has 2 aliphatic heterocycles. The smallest absolute Gasteiger partial charge is 0.338 e. The Kier molecular flexibility index (Phi) is 16.1. The third kappa shape index (κ3) is 11.9. The van der Waals surface area contributed by atoms with Crippen LogP contribution in [0.5, 0.6) is 0 Å². The standard InChI is InChI=1S/C54H63ClN6O5S2/c1-4-5-27-61-39(3)51(54(63)64)52(53(61)40-14-16-42(55)17-15-40)41-10-9-11-46(36-41)60-33-31-59(32-34-60)45-20-18-43(19-21-45)57-68(65,66)49-22-23-50(38(2)35-49)56-44(37-67-48-12-7-6-8-13-48)24-28-58-29-25-47(62)26-30-58/h6-23,35-36,44,47,56-57,62H,4-5,24-34,37H2,1-3H3,(H,63,64)/t44-/m1/s1. The molecule has 1 aromatic heterocycles. The van der Waals surface area contributed by atoms with Crippen LogP contribution in [0.1, 0.15) is 60.6 Å². The number of anilines is 4. The fourth-order valence-corrected chi connectivity index (χ4v) is 11.7. The molecule has 11 nitrogen and oxygen atoms in total. The van der Waals surface area contributed by atoms with E-state index in [1.165, 1.54) is 4.90 Å². The van der Waals surface area contributed by atoms with Crippen molar-refractivity contribution in [1.82, 2.24) is 9.47 Å². The second-order valence-electron chi connectivity index (χ2n) is 18.0. The number of unbranched alkanes of at least 4 members (excludes halogenated alkanes) is 1. The van der Waals surface area contributed by atoms with Gasteiger partial charge in [0.25, 0.3) is 10.0 Å². The summed E-state index contributed by atoms with van der Waals surface area (Å²) in [6, 6.07) is 39.2. The van der Waals surface area contributed by atoms with E-state index in [0.717, 1.165) is 129 Å².